The number of carbonyl (C=O) groups is 1. The largest absolute Gasteiger partial charge is 0.465 e. The first-order valence-corrected chi connectivity index (χ1v) is 4.08. The lowest BCUT2D eigenvalue weighted by Gasteiger charge is -2.01. The van der Waals surface area contributed by atoms with Gasteiger partial charge in [-0.15, -0.1) is 0 Å². The van der Waals surface area contributed by atoms with Crippen molar-refractivity contribution in [1.29, 1.82) is 0 Å². The van der Waals surface area contributed by atoms with Gasteiger partial charge in [-0.1, -0.05) is 12.7 Å². The number of methoxy groups -OCH3 is 1. The topological polar surface area (TPSA) is 69.4 Å². The van der Waals surface area contributed by atoms with E-state index in [4.69, 9.17) is 0 Å². The van der Waals surface area contributed by atoms with Crippen LogP contribution in [0.25, 0.3) is 6.08 Å². The molecular formula is C10H9NO4. The third-order valence-corrected chi connectivity index (χ3v) is 1.81. The molecule has 15 heavy (non-hydrogen) atoms. The van der Waals surface area contributed by atoms with Crippen molar-refractivity contribution in [3.05, 3.63) is 46.0 Å². The van der Waals surface area contributed by atoms with E-state index in [-0.39, 0.29) is 11.3 Å². The summed E-state index contributed by atoms with van der Waals surface area (Å²) in [6.07, 6.45) is 1.43. The number of esters is 1. The molecule has 0 aromatic heterocycles. The number of nitrogens with zero attached hydrogens (tertiary/aromatic N) is 1. The summed E-state index contributed by atoms with van der Waals surface area (Å²) in [4.78, 5) is 21.2. The number of non-ortho nitro benzene ring substituents is 1. The third kappa shape index (κ3) is 2.40. The highest BCUT2D eigenvalue weighted by Gasteiger charge is 2.13. The Labute approximate surface area is 86.1 Å². The molecule has 0 aliphatic carbocycles. The lowest BCUT2D eigenvalue weighted by Crippen LogP contribution is -2.02. The summed E-state index contributed by atoms with van der Waals surface area (Å²) < 4.78 is 4.47. The molecule has 0 radical (unpaired) electrons. The molecule has 0 saturated heterocycles. The molecule has 0 aliphatic heterocycles. The van der Waals surface area contributed by atoms with Crippen molar-refractivity contribution in [3.8, 4) is 0 Å². The highest BCUT2D eigenvalue weighted by molar-refractivity contribution is 5.90. The molecule has 0 spiro atoms. The summed E-state index contributed by atoms with van der Waals surface area (Å²) in [5.74, 6) is -0.609. The molecule has 0 saturated carbocycles. The van der Waals surface area contributed by atoms with Crippen LogP contribution >= 0.6 is 0 Å². The molecule has 0 atom stereocenters. The van der Waals surface area contributed by atoms with Crippen LogP contribution in [0.5, 0.6) is 0 Å². The van der Waals surface area contributed by atoms with Gasteiger partial charge in [0.15, 0.2) is 0 Å². The van der Waals surface area contributed by atoms with Crippen molar-refractivity contribution < 1.29 is 14.5 Å². The molecule has 1 aromatic rings. The monoisotopic (exact) mass is 207 g/mol. The molecule has 0 N–H and O–H groups in total. The molecule has 0 amide bonds. The molecule has 78 valence electrons. The van der Waals surface area contributed by atoms with Crippen molar-refractivity contribution >= 4 is 17.7 Å². The number of ether oxygens (including phenoxy) is 1. The van der Waals surface area contributed by atoms with E-state index >= 15 is 0 Å². The molecule has 1 rings (SSSR count). The number of hydrogen-bond acceptors (Lipinski definition) is 4. The van der Waals surface area contributed by atoms with Gasteiger partial charge in [0.05, 0.1) is 17.6 Å². The zero-order chi connectivity index (χ0) is 11.4. The molecular weight excluding hydrogens is 198 g/mol. The van der Waals surface area contributed by atoms with E-state index in [0.29, 0.717) is 5.56 Å². The first-order valence-electron chi connectivity index (χ1n) is 4.08. The highest BCUT2D eigenvalue weighted by atomic mass is 16.6. The first-order chi connectivity index (χ1) is 7.08. The van der Waals surface area contributed by atoms with Gasteiger partial charge in [-0.25, -0.2) is 4.79 Å². The maximum absolute atomic E-state index is 11.2. The van der Waals surface area contributed by atoms with Gasteiger partial charge >= 0.3 is 5.97 Å². The van der Waals surface area contributed by atoms with Crippen LogP contribution in [-0.4, -0.2) is 18.0 Å². The van der Waals surface area contributed by atoms with Crippen molar-refractivity contribution in [2.24, 2.45) is 0 Å². The fourth-order valence-corrected chi connectivity index (χ4v) is 1.09. The van der Waals surface area contributed by atoms with Gasteiger partial charge in [-0.2, -0.15) is 0 Å². The summed E-state index contributed by atoms with van der Waals surface area (Å²) in [5, 5.41) is 10.6. The minimum absolute atomic E-state index is 0.140. The summed E-state index contributed by atoms with van der Waals surface area (Å²) in [6, 6.07) is 3.98. The van der Waals surface area contributed by atoms with E-state index in [1.165, 1.54) is 31.4 Å². The molecule has 5 nitrogen and oxygen atoms in total. The second-order valence-corrected chi connectivity index (χ2v) is 2.77. The maximum Gasteiger partial charge on any atom is 0.338 e. The highest BCUT2D eigenvalue weighted by Crippen LogP contribution is 2.18. The molecule has 0 bridgehead atoms. The van der Waals surface area contributed by atoms with E-state index in [1.807, 2.05) is 0 Å². The van der Waals surface area contributed by atoms with Gasteiger partial charge < -0.3 is 4.74 Å². The van der Waals surface area contributed by atoms with Crippen LogP contribution < -0.4 is 0 Å². The predicted molar refractivity (Wildman–Crippen MR) is 54.5 cm³/mol. The van der Waals surface area contributed by atoms with Gasteiger partial charge in [0.25, 0.3) is 5.69 Å². The number of rotatable bonds is 3. The van der Waals surface area contributed by atoms with Gasteiger partial charge in [-0.05, 0) is 11.6 Å². The molecule has 0 heterocycles. The van der Waals surface area contributed by atoms with Crippen LogP contribution in [0.4, 0.5) is 5.69 Å². The molecule has 5 heteroatoms. The van der Waals surface area contributed by atoms with Crippen LogP contribution in [0, 0.1) is 10.1 Å². The van der Waals surface area contributed by atoms with Gasteiger partial charge in [0.2, 0.25) is 0 Å². The smallest absolute Gasteiger partial charge is 0.338 e. The Hall–Kier alpha value is -2.17. The summed E-state index contributed by atoms with van der Waals surface area (Å²) >= 11 is 0. The fraction of sp³-hybridized carbons (Fsp3) is 0.100. The van der Waals surface area contributed by atoms with Crippen LogP contribution in [0.15, 0.2) is 24.8 Å². The second-order valence-electron chi connectivity index (χ2n) is 2.77. The van der Waals surface area contributed by atoms with E-state index in [0.717, 1.165) is 0 Å². The Morgan fingerprint density at radius 1 is 1.53 bits per heavy atom. The molecule has 0 aliphatic rings. The van der Waals surface area contributed by atoms with Crippen LogP contribution in [0.2, 0.25) is 0 Å². The van der Waals surface area contributed by atoms with Crippen molar-refractivity contribution in [2.75, 3.05) is 7.11 Å². The van der Waals surface area contributed by atoms with E-state index < -0.39 is 10.9 Å². The van der Waals surface area contributed by atoms with Gasteiger partial charge in [0, 0.05) is 12.1 Å². The summed E-state index contributed by atoms with van der Waals surface area (Å²) in [7, 11) is 1.22. The third-order valence-electron chi connectivity index (χ3n) is 1.81. The van der Waals surface area contributed by atoms with Crippen LogP contribution in [0.1, 0.15) is 15.9 Å². The van der Waals surface area contributed by atoms with Crippen LogP contribution in [0.3, 0.4) is 0 Å². The van der Waals surface area contributed by atoms with Gasteiger partial charge in [0.1, 0.15) is 0 Å². The van der Waals surface area contributed by atoms with Crippen LogP contribution in [-0.2, 0) is 4.74 Å². The van der Waals surface area contributed by atoms with Gasteiger partial charge in [-0.3, -0.25) is 10.1 Å². The van der Waals surface area contributed by atoms with E-state index in [2.05, 4.69) is 11.3 Å². The lowest BCUT2D eigenvalue weighted by atomic mass is 10.1. The lowest BCUT2D eigenvalue weighted by molar-refractivity contribution is -0.384. The predicted octanol–water partition coefficient (Wildman–Crippen LogP) is 2.02. The summed E-state index contributed by atoms with van der Waals surface area (Å²) in [5.41, 5.74) is 0.485. The van der Waals surface area contributed by atoms with E-state index in [1.54, 1.807) is 0 Å². The van der Waals surface area contributed by atoms with Crippen molar-refractivity contribution in [3.63, 3.8) is 0 Å². The minimum Gasteiger partial charge on any atom is -0.465 e. The number of hydrogen-bond donors (Lipinski definition) is 0. The second kappa shape index (κ2) is 4.36. The zero-order valence-electron chi connectivity index (χ0n) is 8.10. The normalized spacial score (nSPS) is 9.40. The Balaban J connectivity index is 3.28. The first kappa shape index (κ1) is 10.9. The number of nitro benzene ring substituents is 1. The Morgan fingerprint density at radius 3 is 2.67 bits per heavy atom. The van der Waals surface area contributed by atoms with E-state index in [9.17, 15) is 14.9 Å². The minimum atomic E-state index is -0.609. The molecule has 1 aromatic carbocycles. The number of nitro groups is 1. The quantitative estimate of drug-likeness (QED) is 0.432. The van der Waals surface area contributed by atoms with Crippen molar-refractivity contribution in [2.45, 2.75) is 0 Å². The average molecular weight is 207 g/mol. The maximum atomic E-state index is 11.2. The SMILES string of the molecule is C=Cc1cc(C(=O)OC)cc([N+](=O)[O-])c1. The molecule has 0 fully saturated rings. The Kier molecular flexibility index (Phi) is 3.17. The standard InChI is InChI=1S/C10H9NO4/c1-3-7-4-8(10(12)15-2)6-9(5-7)11(13)14/h3-6H,1H2,2H3. The number of benzene rings is 1. The molecule has 0 unspecified atom stereocenters. The zero-order valence-corrected chi connectivity index (χ0v) is 8.10. The van der Waals surface area contributed by atoms with Crippen molar-refractivity contribution in [1.82, 2.24) is 0 Å². The summed E-state index contributed by atoms with van der Waals surface area (Å²) in [6.45, 7) is 3.48. The Bertz CT molecular complexity index is 425. The number of carbonyl (C=O) groups excluding carboxylic acids is 1. The average Bonchev–Trinajstić information content (AvgIpc) is 2.27. The Morgan fingerprint density at radius 2 is 2.20 bits per heavy atom. The fourth-order valence-electron chi connectivity index (χ4n) is 1.09.